The lowest BCUT2D eigenvalue weighted by atomic mass is 10.0. The van der Waals surface area contributed by atoms with Gasteiger partial charge in [0, 0.05) is 6.54 Å². The molecule has 0 spiro atoms. The minimum absolute atomic E-state index is 0.0790. The Bertz CT molecular complexity index is 910. The van der Waals surface area contributed by atoms with E-state index in [4.69, 9.17) is 0 Å². The molecule has 0 aliphatic carbocycles. The minimum Gasteiger partial charge on any atom is -0.367 e. The van der Waals surface area contributed by atoms with Gasteiger partial charge in [-0.2, -0.15) is 13.2 Å². The van der Waals surface area contributed by atoms with E-state index in [1.807, 2.05) is 0 Å². The van der Waals surface area contributed by atoms with Crippen molar-refractivity contribution in [2.75, 3.05) is 6.61 Å². The number of rotatable bonds is 9. The Morgan fingerprint density at radius 1 is 0.969 bits per heavy atom. The normalized spacial score (nSPS) is 12.5. The van der Waals surface area contributed by atoms with Crippen LogP contribution in [0.5, 0.6) is 0 Å². The van der Waals surface area contributed by atoms with Crippen LogP contribution in [0, 0.1) is 17.6 Å². The average molecular weight is 458 g/mol. The largest absolute Gasteiger partial charge is 0.411 e. The third-order valence-electron chi connectivity index (χ3n) is 4.45. The zero-order valence-electron chi connectivity index (χ0n) is 17.4. The minimum atomic E-state index is -4.40. The summed E-state index contributed by atoms with van der Waals surface area (Å²) < 4.78 is 68.6. The lowest BCUT2D eigenvalue weighted by Gasteiger charge is -2.22. The van der Waals surface area contributed by atoms with Gasteiger partial charge in [-0.1, -0.05) is 44.2 Å². The van der Waals surface area contributed by atoms with Crippen molar-refractivity contribution < 1.29 is 36.3 Å². The van der Waals surface area contributed by atoms with Gasteiger partial charge in [0.15, 0.2) is 0 Å². The first kappa shape index (κ1) is 25.3. The number of benzene rings is 2. The standard InChI is InChI=1S/C22H23F5N2O3/c1-13(2)19(29-20(30)18-16(23)4-3-5-17(18)24)21(31)28-10-14-6-8-15(9-7-14)11-32-12-22(25,26)27/h3-9,13,19H,10-12H2,1-2H3,(H,28,31)(H,29,30). The summed E-state index contributed by atoms with van der Waals surface area (Å²) in [5, 5.41) is 4.98. The second kappa shape index (κ2) is 11.0. The molecule has 2 aromatic rings. The van der Waals surface area contributed by atoms with Crippen LogP contribution in [0.3, 0.4) is 0 Å². The van der Waals surface area contributed by atoms with E-state index < -0.39 is 47.8 Å². The van der Waals surface area contributed by atoms with Gasteiger partial charge in [-0.25, -0.2) is 8.78 Å². The molecule has 0 bridgehead atoms. The second-order valence-corrected chi connectivity index (χ2v) is 7.43. The van der Waals surface area contributed by atoms with Crippen molar-refractivity contribution in [1.82, 2.24) is 10.6 Å². The average Bonchev–Trinajstić information content (AvgIpc) is 2.70. The molecule has 174 valence electrons. The number of amides is 2. The Hall–Kier alpha value is -3.01. The lowest BCUT2D eigenvalue weighted by Crippen LogP contribution is -2.49. The molecule has 1 atom stereocenters. The van der Waals surface area contributed by atoms with E-state index >= 15 is 0 Å². The molecular weight excluding hydrogens is 435 g/mol. The predicted octanol–water partition coefficient (Wildman–Crippen LogP) is 4.11. The van der Waals surface area contributed by atoms with E-state index in [9.17, 15) is 31.5 Å². The Morgan fingerprint density at radius 2 is 1.53 bits per heavy atom. The number of alkyl halides is 3. The topological polar surface area (TPSA) is 67.4 Å². The van der Waals surface area contributed by atoms with E-state index in [1.54, 1.807) is 38.1 Å². The van der Waals surface area contributed by atoms with Gasteiger partial charge in [-0.3, -0.25) is 9.59 Å². The Labute approximate surface area is 182 Å². The van der Waals surface area contributed by atoms with Crippen LogP contribution in [0.2, 0.25) is 0 Å². The molecule has 1 unspecified atom stereocenters. The fraction of sp³-hybridized carbons (Fsp3) is 0.364. The summed E-state index contributed by atoms with van der Waals surface area (Å²) >= 11 is 0. The predicted molar refractivity (Wildman–Crippen MR) is 106 cm³/mol. The fourth-order valence-corrected chi connectivity index (χ4v) is 2.80. The van der Waals surface area contributed by atoms with Crippen molar-refractivity contribution in [3.05, 3.63) is 70.8 Å². The van der Waals surface area contributed by atoms with Crippen LogP contribution in [0.1, 0.15) is 35.3 Å². The van der Waals surface area contributed by atoms with E-state index in [0.29, 0.717) is 11.1 Å². The van der Waals surface area contributed by atoms with Crippen molar-refractivity contribution in [3.8, 4) is 0 Å². The first-order valence-electron chi connectivity index (χ1n) is 9.73. The van der Waals surface area contributed by atoms with Gasteiger partial charge in [0.2, 0.25) is 5.91 Å². The molecule has 32 heavy (non-hydrogen) atoms. The van der Waals surface area contributed by atoms with Crippen LogP contribution in [0.15, 0.2) is 42.5 Å². The number of carbonyl (C=O) groups is 2. The summed E-state index contributed by atoms with van der Waals surface area (Å²) in [6.07, 6.45) is -4.40. The van der Waals surface area contributed by atoms with Crippen molar-refractivity contribution >= 4 is 11.8 Å². The van der Waals surface area contributed by atoms with E-state index in [2.05, 4.69) is 15.4 Å². The highest BCUT2D eigenvalue weighted by Crippen LogP contribution is 2.16. The van der Waals surface area contributed by atoms with Gasteiger partial charge in [0.05, 0.1) is 6.61 Å². The highest BCUT2D eigenvalue weighted by molar-refractivity contribution is 5.98. The summed E-state index contributed by atoms with van der Waals surface area (Å²) in [5.41, 5.74) is 0.421. The number of nitrogens with one attached hydrogen (secondary N) is 2. The summed E-state index contributed by atoms with van der Waals surface area (Å²) in [5.74, 6) is -4.04. The first-order chi connectivity index (χ1) is 15.0. The van der Waals surface area contributed by atoms with Gasteiger partial charge in [0.25, 0.3) is 5.91 Å². The van der Waals surface area contributed by atoms with Gasteiger partial charge in [-0.05, 0) is 29.2 Å². The molecule has 2 amide bonds. The van der Waals surface area contributed by atoms with Gasteiger partial charge < -0.3 is 15.4 Å². The summed E-state index contributed by atoms with van der Waals surface area (Å²) in [4.78, 5) is 24.9. The maximum atomic E-state index is 13.8. The van der Waals surface area contributed by atoms with Crippen LogP contribution < -0.4 is 10.6 Å². The molecule has 0 aromatic heterocycles. The van der Waals surface area contributed by atoms with Crippen LogP contribution >= 0.6 is 0 Å². The third kappa shape index (κ3) is 7.60. The smallest absolute Gasteiger partial charge is 0.367 e. The number of ether oxygens (including phenoxy) is 1. The summed E-state index contributed by atoms with van der Waals surface area (Å²) in [6.45, 7) is 1.86. The summed E-state index contributed by atoms with van der Waals surface area (Å²) in [6, 6.07) is 8.34. The van der Waals surface area contributed by atoms with Gasteiger partial charge in [0.1, 0.15) is 29.8 Å². The van der Waals surface area contributed by atoms with Crippen LogP contribution in [0.4, 0.5) is 22.0 Å². The zero-order chi connectivity index (χ0) is 23.9. The Balaban J connectivity index is 1.93. The maximum Gasteiger partial charge on any atom is 0.411 e. The SMILES string of the molecule is CC(C)C(NC(=O)c1c(F)cccc1F)C(=O)NCc1ccc(COCC(F)(F)F)cc1. The molecule has 2 aromatic carbocycles. The zero-order valence-corrected chi connectivity index (χ0v) is 17.4. The molecule has 0 radical (unpaired) electrons. The first-order valence-corrected chi connectivity index (χ1v) is 9.73. The fourth-order valence-electron chi connectivity index (χ4n) is 2.80. The molecule has 2 rings (SSSR count). The quantitative estimate of drug-likeness (QED) is 0.556. The van der Waals surface area contributed by atoms with Crippen LogP contribution in [-0.4, -0.2) is 30.6 Å². The Morgan fingerprint density at radius 3 is 2.06 bits per heavy atom. The molecule has 0 saturated heterocycles. The van der Waals surface area contributed by atoms with Crippen molar-refractivity contribution in [1.29, 1.82) is 0 Å². The maximum absolute atomic E-state index is 13.8. The van der Waals surface area contributed by atoms with E-state index in [0.717, 1.165) is 18.2 Å². The van der Waals surface area contributed by atoms with Gasteiger partial charge >= 0.3 is 6.18 Å². The molecule has 0 heterocycles. The lowest BCUT2D eigenvalue weighted by molar-refractivity contribution is -0.176. The summed E-state index contributed by atoms with van der Waals surface area (Å²) in [7, 11) is 0. The van der Waals surface area contributed by atoms with Crippen molar-refractivity contribution in [2.45, 2.75) is 39.2 Å². The van der Waals surface area contributed by atoms with Crippen LogP contribution in [-0.2, 0) is 22.7 Å². The number of hydrogen-bond donors (Lipinski definition) is 2. The van der Waals surface area contributed by atoms with E-state index in [-0.39, 0.29) is 19.1 Å². The Kier molecular flexibility index (Phi) is 8.71. The van der Waals surface area contributed by atoms with Crippen molar-refractivity contribution in [3.63, 3.8) is 0 Å². The molecule has 0 aliphatic heterocycles. The highest BCUT2D eigenvalue weighted by atomic mass is 19.4. The van der Waals surface area contributed by atoms with E-state index in [1.165, 1.54) is 0 Å². The second-order valence-electron chi connectivity index (χ2n) is 7.43. The monoisotopic (exact) mass is 458 g/mol. The number of halogens is 5. The highest BCUT2D eigenvalue weighted by Gasteiger charge is 2.28. The molecule has 0 saturated carbocycles. The molecule has 5 nitrogen and oxygen atoms in total. The molecular formula is C22H23F5N2O3. The molecule has 2 N–H and O–H groups in total. The molecule has 10 heteroatoms. The molecule has 0 aliphatic rings. The van der Waals surface area contributed by atoms with Crippen molar-refractivity contribution in [2.24, 2.45) is 5.92 Å². The van der Waals surface area contributed by atoms with Gasteiger partial charge in [-0.15, -0.1) is 0 Å². The van der Waals surface area contributed by atoms with Crippen LogP contribution in [0.25, 0.3) is 0 Å². The number of hydrogen-bond acceptors (Lipinski definition) is 3. The third-order valence-corrected chi connectivity index (χ3v) is 4.45. The number of carbonyl (C=O) groups excluding carboxylic acids is 2. The molecule has 0 fully saturated rings.